The van der Waals surface area contributed by atoms with Crippen molar-refractivity contribution in [3.63, 3.8) is 0 Å². The van der Waals surface area contributed by atoms with Crippen LogP contribution in [-0.2, 0) is 9.47 Å². The largest absolute Gasteiger partial charge is 0.383 e. The molecule has 1 saturated carbocycles. The van der Waals surface area contributed by atoms with E-state index in [0.29, 0.717) is 12.7 Å². The van der Waals surface area contributed by atoms with Crippen molar-refractivity contribution in [2.75, 3.05) is 40.5 Å². The van der Waals surface area contributed by atoms with Crippen molar-refractivity contribution in [3.05, 3.63) is 0 Å². The number of ether oxygens (including phenoxy) is 2. The molecule has 1 rings (SSSR count). The third-order valence-electron chi connectivity index (χ3n) is 3.34. The van der Waals surface area contributed by atoms with Crippen LogP contribution in [-0.4, -0.2) is 52.5 Å². The van der Waals surface area contributed by atoms with Gasteiger partial charge < -0.3 is 20.1 Å². The van der Waals surface area contributed by atoms with Crippen LogP contribution in [0.25, 0.3) is 0 Å². The van der Waals surface area contributed by atoms with E-state index in [-0.39, 0.29) is 0 Å². The SMILES string of the molecule is CN=C(NCCCOC1CCCCC1)NCCOC. The molecule has 0 bridgehead atoms. The molecule has 0 aromatic rings. The molecule has 19 heavy (non-hydrogen) atoms. The molecule has 0 spiro atoms. The molecule has 0 saturated heterocycles. The smallest absolute Gasteiger partial charge is 0.191 e. The molecule has 2 N–H and O–H groups in total. The van der Waals surface area contributed by atoms with E-state index >= 15 is 0 Å². The summed E-state index contributed by atoms with van der Waals surface area (Å²) in [5.41, 5.74) is 0. The molecule has 0 aliphatic heterocycles. The van der Waals surface area contributed by atoms with Crippen LogP contribution in [0.2, 0.25) is 0 Å². The first-order valence-electron chi connectivity index (χ1n) is 7.42. The summed E-state index contributed by atoms with van der Waals surface area (Å²) in [5, 5.41) is 6.45. The van der Waals surface area contributed by atoms with Crippen LogP contribution in [0.15, 0.2) is 4.99 Å². The van der Waals surface area contributed by atoms with E-state index in [1.54, 1.807) is 14.2 Å². The highest BCUT2D eigenvalue weighted by Gasteiger charge is 2.12. The van der Waals surface area contributed by atoms with E-state index in [4.69, 9.17) is 9.47 Å². The second-order valence-corrected chi connectivity index (χ2v) is 4.90. The third kappa shape index (κ3) is 8.06. The van der Waals surface area contributed by atoms with Gasteiger partial charge in [0.2, 0.25) is 0 Å². The fourth-order valence-corrected chi connectivity index (χ4v) is 2.25. The molecule has 1 aliphatic rings. The number of nitrogens with one attached hydrogen (secondary N) is 2. The standard InChI is InChI=1S/C14H29N3O2/c1-15-14(17-10-12-18-2)16-9-6-11-19-13-7-4-3-5-8-13/h13H,3-12H2,1-2H3,(H2,15,16,17). The minimum atomic E-state index is 0.507. The van der Waals surface area contributed by atoms with Crippen molar-refractivity contribution in [3.8, 4) is 0 Å². The molecule has 112 valence electrons. The summed E-state index contributed by atoms with van der Waals surface area (Å²) in [5.74, 6) is 0.828. The molecule has 0 aromatic carbocycles. The molecule has 0 unspecified atom stereocenters. The first-order chi connectivity index (χ1) is 9.36. The number of nitrogens with zero attached hydrogens (tertiary/aromatic N) is 1. The molecule has 5 nitrogen and oxygen atoms in total. The van der Waals surface area contributed by atoms with E-state index in [2.05, 4.69) is 15.6 Å². The molecule has 0 aromatic heterocycles. The van der Waals surface area contributed by atoms with E-state index in [0.717, 1.165) is 32.1 Å². The number of rotatable bonds is 8. The first kappa shape index (κ1) is 16.2. The van der Waals surface area contributed by atoms with Gasteiger partial charge in [0, 0.05) is 33.9 Å². The number of aliphatic imine (C=N–C) groups is 1. The van der Waals surface area contributed by atoms with Gasteiger partial charge in [-0.3, -0.25) is 4.99 Å². The summed E-state index contributed by atoms with van der Waals surface area (Å²) in [6, 6.07) is 0. The van der Waals surface area contributed by atoms with Gasteiger partial charge in [0.15, 0.2) is 5.96 Å². The molecule has 0 atom stereocenters. The Balaban J connectivity index is 1.96. The van der Waals surface area contributed by atoms with E-state index in [1.165, 1.54) is 32.1 Å². The summed E-state index contributed by atoms with van der Waals surface area (Å²) < 4.78 is 10.9. The van der Waals surface area contributed by atoms with E-state index in [9.17, 15) is 0 Å². The van der Waals surface area contributed by atoms with Crippen LogP contribution < -0.4 is 10.6 Å². The fraction of sp³-hybridized carbons (Fsp3) is 0.929. The minimum absolute atomic E-state index is 0.507. The monoisotopic (exact) mass is 271 g/mol. The average molecular weight is 271 g/mol. The zero-order chi connectivity index (χ0) is 13.8. The Morgan fingerprint density at radius 1 is 1.11 bits per heavy atom. The highest BCUT2D eigenvalue weighted by molar-refractivity contribution is 5.79. The third-order valence-corrected chi connectivity index (χ3v) is 3.34. The first-order valence-corrected chi connectivity index (χ1v) is 7.42. The minimum Gasteiger partial charge on any atom is -0.383 e. The lowest BCUT2D eigenvalue weighted by atomic mass is 9.98. The van der Waals surface area contributed by atoms with Gasteiger partial charge in [-0.25, -0.2) is 0 Å². The predicted octanol–water partition coefficient (Wildman–Crippen LogP) is 1.54. The van der Waals surface area contributed by atoms with Crippen LogP contribution in [0.1, 0.15) is 38.5 Å². The Morgan fingerprint density at radius 3 is 2.53 bits per heavy atom. The second kappa shape index (κ2) is 11.1. The Kier molecular flexibility index (Phi) is 9.45. The summed E-state index contributed by atoms with van der Waals surface area (Å²) in [6.45, 7) is 3.19. The van der Waals surface area contributed by atoms with E-state index in [1.807, 2.05) is 0 Å². The summed E-state index contributed by atoms with van der Waals surface area (Å²) in [4.78, 5) is 4.15. The lowest BCUT2D eigenvalue weighted by Crippen LogP contribution is -2.39. The molecule has 1 aliphatic carbocycles. The van der Waals surface area contributed by atoms with Gasteiger partial charge in [-0.2, -0.15) is 0 Å². The average Bonchev–Trinajstić information content (AvgIpc) is 2.46. The summed E-state index contributed by atoms with van der Waals surface area (Å²) in [7, 11) is 3.47. The molecule has 0 heterocycles. The van der Waals surface area contributed by atoms with Crippen LogP contribution in [0.5, 0.6) is 0 Å². The summed E-state index contributed by atoms with van der Waals surface area (Å²) in [6.07, 6.45) is 8.05. The molecule has 0 radical (unpaired) electrons. The number of hydrogen-bond donors (Lipinski definition) is 2. The van der Waals surface area contributed by atoms with Crippen molar-refractivity contribution >= 4 is 5.96 Å². The Labute approximate surface area is 117 Å². The molecule has 0 amide bonds. The zero-order valence-corrected chi connectivity index (χ0v) is 12.4. The van der Waals surface area contributed by atoms with Crippen molar-refractivity contribution < 1.29 is 9.47 Å². The van der Waals surface area contributed by atoms with Crippen LogP contribution in [0.3, 0.4) is 0 Å². The van der Waals surface area contributed by atoms with Crippen LogP contribution >= 0.6 is 0 Å². The van der Waals surface area contributed by atoms with Crippen LogP contribution in [0.4, 0.5) is 0 Å². The van der Waals surface area contributed by atoms with Gasteiger partial charge >= 0.3 is 0 Å². The second-order valence-electron chi connectivity index (χ2n) is 4.90. The topological polar surface area (TPSA) is 54.9 Å². The number of hydrogen-bond acceptors (Lipinski definition) is 3. The number of guanidine groups is 1. The Hall–Kier alpha value is -0.810. The maximum Gasteiger partial charge on any atom is 0.191 e. The van der Waals surface area contributed by atoms with E-state index < -0.39 is 0 Å². The normalized spacial score (nSPS) is 17.5. The molecular weight excluding hydrogens is 242 g/mol. The highest BCUT2D eigenvalue weighted by Crippen LogP contribution is 2.20. The molecule has 1 fully saturated rings. The van der Waals surface area contributed by atoms with Crippen molar-refractivity contribution in [1.29, 1.82) is 0 Å². The zero-order valence-electron chi connectivity index (χ0n) is 12.4. The number of methoxy groups -OCH3 is 1. The van der Waals surface area contributed by atoms with Crippen molar-refractivity contribution in [2.45, 2.75) is 44.6 Å². The van der Waals surface area contributed by atoms with Gasteiger partial charge in [0.25, 0.3) is 0 Å². The summed E-state index contributed by atoms with van der Waals surface area (Å²) >= 11 is 0. The Bertz CT molecular complexity index is 241. The van der Waals surface area contributed by atoms with Crippen molar-refractivity contribution in [2.24, 2.45) is 4.99 Å². The highest BCUT2D eigenvalue weighted by atomic mass is 16.5. The van der Waals surface area contributed by atoms with Crippen molar-refractivity contribution in [1.82, 2.24) is 10.6 Å². The maximum atomic E-state index is 5.88. The van der Waals surface area contributed by atoms with Gasteiger partial charge in [0.05, 0.1) is 12.7 Å². The van der Waals surface area contributed by atoms with Gasteiger partial charge in [-0.05, 0) is 19.3 Å². The fourth-order valence-electron chi connectivity index (χ4n) is 2.25. The van der Waals surface area contributed by atoms with Gasteiger partial charge in [-0.1, -0.05) is 19.3 Å². The van der Waals surface area contributed by atoms with Gasteiger partial charge in [-0.15, -0.1) is 0 Å². The maximum absolute atomic E-state index is 5.88. The molecular formula is C14H29N3O2. The quantitative estimate of drug-likeness (QED) is 0.399. The van der Waals surface area contributed by atoms with Gasteiger partial charge in [0.1, 0.15) is 0 Å². The lowest BCUT2D eigenvalue weighted by molar-refractivity contribution is 0.0277. The Morgan fingerprint density at radius 2 is 1.84 bits per heavy atom. The van der Waals surface area contributed by atoms with Crippen LogP contribution in [0, 0.1) is 0 Å². The predicted molar refractivity (Wildman–Crippen MR) is 78.7 cm³/mol. The molecule has 5 heteroatoms. The lowest BCUT2D eigenvalue weighted by Gasteiger charge is -2.22.